The Morgan fingerprint density at radius 2 is 1.65 bits per heavy atom. The quantitative estimate of drug-likeness (QED) is 0.296. The second-order valence-corrected chi connectivity index (χ2v) is 4.49. The first-order valence-corrected chi connectivity index (χ1v) is 6.61. The summed E-state index contributed by atoms with van der Waals surface area (Å²) < 4.78 is 0. The lowest BCUT2D eigenvalue weighted by Crippen LogP contribution is -2.30. The zero-order valence-corrected chi connectivity index (χ0v) is 11.9. The van der Waals surface area contributed by atoms with E-state index in [0.29, 0.717) is 19.4 Å². The van der Waals surface area contributed by atoms with Crippen LogP contribution in [0.15, 0.2) is 0 Å². The number of carboxylic acid groups (broad SMARTS) is 2. The van der Waals surface area contributed by atoms with E-state index in [-0.39, 0.29) is 12.5 Å². The molecule has 0 aliphatic rings. The van der Waals surface area contributed by atoms with Crippen molar-refractivity contribution in [2.75, 3.05) is 6.54 Å². The molecule has 8 heteroatoms. The fraction of sp³-hybridized carbons (Fsp3) is 0.833. The zero-order valence-electron chi connectivity index (χ0n) is 11.9. The molecule has 0 heterocycles. The summed E-state index contributed by atoms with van der Waals surface area (Å²) in [5.74, 6) is -2.14. The van der Waals surface area contributed by atoms with Crippen LogP contribution >= 0.6 is 0 Å². The maximum atomic E-state index is 10.1. The number of hydrogen-bond acceptors (Lipinski definition) is 6. The predicted molar refractivity (Wildman–Crippen MR) is 75.0 cm³/mol. The summed E-state index contributed by atoms with van der Waals surface area (Å²) in [6.07, 6.45) is 1.67. The van der Waals surface area contributed by atoms with Crippen molar-refractivity contribution in [3.63, 3.8) is 0 Å². The molecular formula is C12H27N3O5. The van der Waals surface area contributed by atoms with E-state index in [2.05, 4.69) is 0 Å². The van der Waals surface area contributed by atoms with Crippen LogP contribution in [0.25, 0.3) is 0 Å². The minimum Gasteiger partial charge on any atom is -0.480 e. The molecule has 120 valence electrons. The molecule has 0 rings (SSSR count). The molecule has 0 aromatic heterocycles. The highest BCUT2D eigenvalue weighted by Crippen LogP contribution is 1.99. The molecule has 3 atom stereocenters. The molecule has 9 N–H and O–H groups in total. The highest BCUT2D eigenvalue weighted by Gasteiger charge is 2.15. The third kappa shape index (κ3) is 13.2. The molecule has 0 aliphatic carbocycles. The van der Waals surface area contributed by atoms with Crippen molar-refractivity contribution in [3.8, 4) is 0 Å². The van der Waals surface area contributed by atoms with E-state index in [4.69, 9.17) is 32.5 Å². The van der Waals surface area contributed by atoms with Crippen molar-refractivity contribution in [2.45, 2.75) is 57.2 Å². The van der Waals surface area contributed by atoms with Crippen molar-refractivity contribution in [2.24, 2.45) is 17.2 Å². The van der Waals surface area contributed by atoms with Gasteiger partial charge in [-0.2, -0.15) is 0 Å². The standard InChI is InChI=1S/C6H14N2O2.C6H13NO3/c7-4-2-1-3-5(8)6(9)10;1-2-4(7)3-5(8)6(9)10/h5H,1-4,7-8H2,(H,9,10);4-5,8H,2-3,7H2,1H3,(H,9,10). The number of rotatable bonds is 9. The summed E-state index contributed by atoms with van der Waals surface area (Å²) >= 11 is 0. The van der Waals surface area contributed by atoms with Crippen LogP contribution in [0.3, 0.4) is 0 Å². The van der Waals surface area contributed by atoms with Crippen LogP contribution in [0.2, 0.25) is 0 Å². The first-order chi connectivity index (χ1) is 9.26. The van der Waals surface area contributed by atoms with Crippen LogP contribution < -0.4 is 17.2 Å². The fourth-order valence-electron chi connectivity index (χ4n) is 1.19. The number of aliphatic hydroxyl groups is 1. The molecule has 8 nitrogen and oxygen atoms in total. The molecule has 20 heavy (non-hydrogen) atoms. The van der Waals surface area contributed by atoms with E-state index >= 15 is 0 Å². The molecule has 0 saturated heterocycles. The van der Waals surface area contributed by atoms with E-state index in [1.54, 1.807) is 0 Å². The van der Waals surface area contributed by atoms with Crippen molar-refractivity contribution in [1.82, 2.24) is 0 Å². The van der Waals surface area contributed by atoms with Gasteiger partial charge in [-0.1, -0.05) is 13.3 Å². The molecule has 0 spiro atoms. The third-order valence-corrected chi connectivity index (χ3v) is 2.62. The third-order valence-electron chi connectivity index (χ3n) is 2.62. The molecule has 0 fully saturated rings. The smallest absolute Gasteiger partial charge is 0.332 e. The molecule has 0 saturated carbocycles. The summed E-state index contributed by atoms with van der Waals surface area (Å²) in [6.45, 7) is 2.45. The van der Waals surface area contributed by atoms with Gasteiger partial charge in [-0.25, -0.2) is 4.79 Å². The van der Waals surface area contributed by atoms with Crippen molar-refractivity contribution in [1.29, 1.82) is 0 Å². The van der Waals surface area contributed by atoms with Crippen molar-refractivity contribution in [3.05, 3.63) is 0 Å². The molecule has 0 bridgehead atoms. The van der Waals surface area contributed by atoms with Crippen LogP contribution in [0.1, 0.15) is 39.0 Å². The number of hydrogen-bond donors (Lipinski definition) is 6. The number of carboxylic acids is 2. The van der Waals surface area contributed by atoms with Gasteiger partial charge in [0.2, 0.25) is 0 Å². The van der Waals surface area contributed by atoms with Crippen LogP contribution in [0.4, 0.5) is 0 Å². The molecule has 0 amide bonds. The normalized spacial score (nSPS) is 14.7. The second kappa shape index (κ2) is 12.8. The first kappa shape index (κ1) is 21.1. The van der Waals surface area contributed by atoms with E-state index in [1.807, 2.05) is 6.92 Å². The lowest BCUT2D eigenvalue weighted by molar-refractivity contribution is -0.147. The van der Waals surface area contributed by atoms with Gasteiger partial charge in [0.15, 0.2) is 6.10 Å². The molecule has 3 unspecified atom stereocenters. The number of carbonyl (C=O) groups is 2. The monoisotopic (exact) mass is 293 g/mol. The van der Waals surface area contributed by atoms with Gasteiger partial charge in [-0.3, -0.25) is 4.79 Å². The van der Waals surface area contributed by atoms with Crippen molar-refractivity contribution >= 4 is 11.9 Å². The van der Waals surface area contributed by atoms with Crippen LogP contribution in [0, 0.1) is 0 Å². The first-order valence-electron chi connectivity index (χ1n) is 6.61. The molecule has 0 radical (unpaired) electrons. The van der Waals surface area contributed by atoms with Gasteiger partial charge in [-0.15, -0.1) is 0 Å². The Bertz CT molecular complexity index is 276. The van der Waals surface area contributed by atoms with Gasteiger partial charge in [0.25, 0.3) is 0 Å². The number of nitrogens with two attached hydrogens (primary N) is 3. The van der Waals surface area contributed by atoms with Gasteiger partial charge in [0.1, 0.15) is 6.04 Å². The Morgan fingerprint density at radius 1 is 1.10 bits per heavy atom. The van der Waals surface area contributed by atoms with E-state index in [9.17, 15) is 9.59 Å². The highest BCUT2D eigenvalue weighted by atomic mass is 16.4. The van der Waals surface area contributed by atoms with Gasteiger partial charge < -0.3 is 32.5 Å². The second-order valence-electron chi connectivity index (χ2n) is 4.49. The van der Waals surface area contributed by atoms with E-state index < -0.39 is 24.1 Å². The molecule has 0 aromatic carbocycles. The van der Waals surface area contributed by atoms with Gasteiger partial charge in [-0.05, 0) is 32.2 Å². The van der Waals surface area contributed by atoms with Gasteiger partial charge in [0, 0.05) is 6.04 Å². The van der Waals surface area contributed by atoms with Gasteiger partial charge in [0.05, 0.1) is 0 Å². The fourth-order valence-corrected chi connectivity index (χ4v) is 1.19. The lowest BCUT2D eigenvalue weighted by atomic mass is 10.1. The number of unbranched alkanes of at least 4 members (excludes halogenated alkanes) is 1. The van der Waals surface area contributed by atoms with Crippen LogP contribution in [-0.2, 0) is 9.59 Å². The summed E-state index contributed by atoms with van der Waals surface area (Å²) in [7, 11) is 0. The Kier molecular flexibility index (Phi) is 13.5. The van der Waals surface area contributed by atoms with Crippen molar-refractivity contribution < 1.29 is 24.9 Å². The zero-order chi connectivity index (χ0) is 16.1. The predicted octanol–water partition coefficient (Wildman–Crippen LogP) is -0.913. The molecular weight excluding hydrogens is 266 g/mol. The highest BCUT2D eigenvalue weighted by molar-refractivity contribution is 5.73. The topological polar surface area (TPSA) is 173 Å². The van der Waals surface area contributed by atoms with E-state index in [0.717, 1.165) is 12.8 Å². The average molecular weight is 293 g/mol. The minimum atomic E-state index is -1.31. The van der Waals surface area contributed by atoms with Crippen LogP contribution in [-0.4, -0.2) is 52.0 Å². The maximum absolute atomic E-state index is 10.1. The SMILES string of the molecule is CCC(N)CC(O)C(=O)O.NCCCCC(N)C(=O)O. The Morgan fingerprint density at radius 3 is 2.00 bits per heavy atom. The maximum Gasteiger partial charge on any atom is 0.332 e. The number of aliphatic carboxylic acids is 2. The van der Waals surface area contributed by atoms with Gasteiger partial charge >= 0.3 is 11.9 Å². The summed E-state index contributed by atoms with van der Waals surface area (Å²) in [5, 5.41) is 25.3. The summed E-state index contributed by atoms with van der Waals surface area (Å²) in [5.41, 5.74) is 15.8. The Balaban J connectivity index is 0. The van der Waals surface area contributed by atoms with Crippen LogP contribution in [0.5, 0.6) is 0 Å². The number of aliphatic hydroxyl groups excluding tert-OH is 1. The minimum absolute atomic E-state index is 0.131. The molecule has 0 aliphatic heterocycles. The largest absolute Gasteiger partial charge is 0.480 e. The Hall–Kier alpha value is -1.22. The van der Waals surface area contributed by atoms with E-state index in [1.165, 1.54) is 0 Å². The summed E-state index contributed by atoms with van der Waals surface area (Å²) in [4.78, 5) is 20.2. The average Bonchev–Trinajstić information content (AvgIpc) is 2.39. The lowest BCUT2D eigenvalue weighted by Gasteiger charge is -2.10. The summed E-state index contributed by atoms with van der Waals surface area (Å²) in [6, 6.07) is -0.933. The Labute approximate surface area is 118 Å². The molecule has 0 aromatic rings.